The molecule has 1 aromatic rings. The van der Waals surface area contributed by atoms with Crippen LogP contribution in [-0.4, -0.2) is 49.2 Å². The van der Waals surface area contributed by atoms with Gasteiger partial charge in [0.1, 0.15) is 0 Å². The van der Waals surface area contributed by atoms with Gasteiger partial charge < -0.3 is 10.5 Å². The fraction of sp³-hybridized carbons (Fsp3) is 0.562. The van der Waals surface area contributed by atoms with Gasteiger partial charge in [-0.15, -0.1) is 0 Å². The molecular weight excluding hydrogens is 280 g/mol. The second-order valence-electron chi connectivity index (χ2n) is 6.35. The van der Waals surface area contributed by atoms with Crippen molar-refractivity contribution in [3.05, 3.63) is 35.9 Å². The predicted octanol–water partition coefficient (Wildman–Crippen LogP) is 0.0279. The molecule has 4 N–H and O–H groups in total. The number of rotatable bonds is 4. The summed E-state index contributed by atoms with van der Waals surface area (Å²) in [6.07, 6.45) is 0. The molecule has 2 aliphatic heterocycles. The van der Waals surface area contributed by atoms with E-state index in [1.807, 2.05) is 6.07 Å². The summed E-state index contributed by atoms with van der Waals surface area (Å²) in [7, 11) is 0. The summed E-state index contributed by atoms with van der Waals surface area (Å²) in [5, 5.41) is 0. The van der Waals surface area contributed by atoms with Crippen molar-refractivity contribution in [1.29, 1.82) is 0 Å². The first kappa shape index (κ1) is 15.4. The van der Waals surface area contributed by atoms with E-state index in [9.17, 15) is 4.79 Å². The van der Waals surface area contributed by atoms with Crippen molar-refractivity contribution in [3.63, 3.8) is 0 Å². The topological polar surface area (TPSA) is 79.6 Å². The average molecular weight is 304 g/mol. The number of morpholine rings is 1. The summed E-state index contributed by atoms with van der Waals surface area (Å²) >= 11 is 0. The molecule has 0 aliphatic carbocycles. The Morgan fingerprint density at radius 3 is 2.95 bits per heavy atom. The van der Waals surface area contributed by atoms with Gasteiger partial charge in [-0.3, -0.25) is 15.1 Å². The van der Waals surface area contributed by atoms with Gasteiger partial charge in [0.25, 0.3) is 5.91 Å². The average Bonchev–Trinajstić information content (AvgIpc) is 2.96. The molecular formula is C16H24N4O2. The molecule has 3 rings (SSSR count). The molecule has 0 spiro atoms. The van der Waals surface area contributed by atoms with Crippen molar-refractivity contribution >= 4 is 5.91 Å². The summed E-state index contributed by atoms with van der Waals surface area (Å²) < 4.78 is 5.59. The van der Waals surface area contributed by atoms with E-state index in [1.165, 1.54) is 5.56 Å². The molecule has 2 saturated heterocycles. The van der Waals surface area contributed by atoms with E-state index in [4.69, 9.17) is 10.5 Å². The molecule has 0 bridgehead atoms. The summed E-state index contributed by atoms with van der Waals surface area (Å²) in [4.78, 5) is 13.9. The Balaban J connectivity index is 1.66. The van der Waals surface area contributed by atoms with Crippen LogP contribution in [0.3, 0.4) is 0 Å². The number of nitrogens with one attached hydrogen (secondary N) is 2. The Bertz CT molecular complexity index is 524. The van der Waals surface area contributed by atoms with Crippen molar-refractivity contribution in [2.24, 2.45) is 11.7 Å². The van der Waals surface area contributed by atoms with Gasteiger partial charge in [0.15, 0.2) is 5.60 Å². The highest BCUT2D eigenvalue weighted by Gasteiger charge is 2.39. The molecule has 2 fully saturated rings. The predicted molar refractivity (Wildman–Crippen MR) is 83.8 cm³/mol. The quantitative estimate of drug-likeness (QED) is 0.731. The van der Waals surface area contributed by atoms with Crippen LogP contribution in [0.25, 0.3) is 0 Å². The number of ether oxygens (including phenoxy) is 1. The van der Waals surface area contributed by atoms with Crippen LogP contribution in [0.5, 0.6) is 0 Å². The van der Waals surface area contributed by atoms with Crippen molar-refractivity contribution in [3.8, 4) is 0 Å². The number of nitrogens with two attached hydrogens (primary N) is 1. The lowest BCUT2D eigenvalue weighted by atomic mass is 9.93. The zero-order valence-corrected chi connectivity index (χ0v) is 12.9. The van der Waals surface area contributed by atoms with Crippen LogP contribution in [0.1, 0.15) is 18.5 Å². The first-order chi connectivity index (χ1) is 10.6. The van der Waals surface area contributed by atoms with Crippen LogP contribution in [0, 0.1) is 5.92 Å². The summed E-state index contributed by atoms with van der Waals surface area (Å²) in [6, 6.07) is 10.7. The number of hydrogen-bond acceptors (Lipinski definition) is 5. The molecule has 6 heteroatoms. The van der Waals surface area contributed by atoms with Crippen LogP contribution in [-0.2, 0) is 9.53 Å². The zero-order chi connectivity index (χ0) is 15.6. The van der Waals surface area contributed by atoms with E-state index < -0.39 is 5.60 Å². The number of benzene rings is 1. The van der Waals surface area contributed by atoms with Crippen molar-refractivity contribution in [1.82, 2.24) is 15.8 Å². The second-order valence-corrected chi connectivity index (χ2v) is 6.35. The van der Waals surface area contributed by atoms with E-state index in [-0.39, 0.29) is 11.9 Å². The van der Waals surface area contributed by atoms with E-state index in [0.717, 1.165) is 19.6 Å². The van der Waals surface area contributed by atoms with Crippen LogP contribution >= 0.6 is 0 Å². The minimum Gasteiger partial charge on any atom is -0.367 e. The number of carbonyl (C=O) groups excluding carboxylic acids is 1. The fourth-order valence-corrected chi connectivity index (χ4v) is 3.31. The molecule has 0 radical (unpaired) electrons. The lowest BCUT2D eigenvalue weighted by molar-refractivity contribution is -0.153. The van der Waals surface area contributed by atoms with Gasteiger partial charge in [-0.25, -0.2) is 5.43 Å². The number of nitrogens with zero attached hydrogens (tertiary/aromatic N) is 1. The minimum absolute atomic E-state index is 0.281. The maximum atomic E-state index is 11.6. The molecule has 2 aliphatic rings. The Morgan fingerprint density at radius 1 is 1.45 bits per heavy atom. The lowest BCUT2D eigenvalue weighted by Crippen LogP contribution is -2.57. The first-order valence-electron chi connectivity index (χ1n) is 7.78. The molecule has 0 saturated carbocycles. The van der Waals surface area contributed by atoms with Gasteiger partial charge in [-0.2, -0.15) is 0 Å². The summed E-state index contributed by atoms with van der Waals surface area (Å²) in [5.41, 5.74) is 12.5. The second kappa shape index (κ2) is 6.34. The molecule has 2 heterocycles. The lowest BCUT2D eigenvalue weighted by Gasteiger charge is -2.39. The summed E-state index contributed by atoms with van der Waals surface area (Å²) in [6.45, 7) is 5.53. The highest BCUT2D eigenvalue weighted by molar-refractivity contribution is 5.83. The number of carbonyl (C=O) groups is 1. The van der Waals surface area contributed by atoms with E-state index >= 15 is 0 Å². The van der Waals surface area contributed by atoms with Crippen molar-refractivity contribution in [2.45, 2.75) is 18.6 Å². The smallest absolute Gasteiger partial charge is 0.250 e. The monoisotopic (exact) mass is 304 g/mol. The van der Waals surface area contributed by atoms with Gasteiger partial charge in [0, 0.05) is 32.1 Å². The van der Waals surface area contributed by atoms with Gasteiger partial charge in [0.05, 0.1) is 12.6 Å². The molecule has 120 valence electrons. The van der Waals surface area contributed by atoms with Crippen LogP contribution in [0.15, 0.2) is 30.3 Å². The van der Waals surface area contributed by atoms with Crippen LogP contribution < -0.4 is 16.6 Å². The highest BCUT2D eigenvalue weighted by atomic mass is 16.5. The highest BCUT2D eigenvalue weighted by Crippen LogP contribution is 2.27. The van der Waals surface area contributed by atoms with Gasteiger partial charge >= 0.3 is 0 Å². The van der Waals surface area contributed by atoms with E-state index in [1.54, 1.807) is 6.92 Å². The summed E-state index contributed by atoms with van der Waals surface area (Å²) in [5.74, 6) is 0.0529. The third-order valence-electron chi connectivity index (χ3n) is 4.62. The first-order valence-corrected chi connectivity index (χ1v) is 7.78. The van der Waals surface area contributed by atoms with Gasteiger partial charge in [0.2, 0.25) is 0 Å². The molecule has 22 heavy (non-hydrogen) atoms. The van der Waals surface area contributed by atoms with E-state index in [2.05, 4.69) is 40.0 Å². The molecule has 3 atom stereocenters. The Morgan fingerprint density at radius 2 is 2.23 bits per heavy atom. The molecule has 1 aromatic carbocycles. The third-order valence-corrected chi connectivity index (χ3v) is 4.62. The minimum atomic E-state index is -0.875. The largest absolute Gasteiger partial charge is 0.367 e. The van der Waals surface area contributed by atoms with Crippen molar-refractivity contribution in [2.75, 3.05) is 32.8 Å². The number of hydrogen-bond donors (Lipinski definition) is 3. The zero-order valence-electron chi connectivity index (χ0n) is 12.9. The standard InChI is InChI=1S/C16H24N4O2/c1-16(15(17)21)11-20(7-8-22-16)10-13-9-18-19-14(13)12-5-3-2-4-6-12/h2-6,13-14,18-19H,7-11H2,1H3,(H2,17,21). The van der Waals surface area contributed by atoms with Gasteiger partial charge in [-0.1, -0.05) is 30.3 Å². The molecule has 6 nitrogen and oxygen atoms in total. The molecule has 3 unspecified atom stereocenters. The Kier molecular flexibility index (Phi) is 4.44. The number of primary amides is 1. The van der Waals surface area contributed by atoms with Gasteiger partial charge in [-0.05, 0) is 12.5 Å². The molecule has 1 amide bonds. The van der Waals surface area contributed by atoms with Crippen molar-refractivity contribution < 1.29 is 9.53 Å². The third kappa shape index (κ3) is 3.15. The Hall–Kier alpha value is -1.47. The van der Waals surface area contributed by atoms with Crippen LogP contribution in [0.2, 0.25) is 0 Å². The maximum Gasteiger partial charge on any atom is 0.250 e. The van der Waals surface area contributed by atoms with E-state index in [0.29, 0.717) is 19.1 Å². The molecule has 0 aromatic heterocycles. The Labute approximate surface area is 131 Å². The maximum absolute atomic E-state index is 11.6. The number of amides is 1. The fourth-order valence-electron chi connectivity index (χ4n) is 3.31. The van der Waals surface area contributed by atoms with Crippen LogP contribution in [0.4, 0.5) is 0 Å². The SMILES string of the molecule is CC1(C(N)=O)CN(CC2CNNC2c2ccccc2)CCO1. The normalized spacial score (nSPS) is 33.0. The number of hydrazine groups is 1.